The maximum Gasteiger partial charge on any atom is 0.348 e. The summed E-state index contributed by atoms with van der Waals surface area (Å²) in [5, 5.41) is 2.59. The standard InChI is InChI=1S/C17H18N2O3S2/c1-17(2)5-12-11(13(20)6-17)7-18-16(19-12)24-9-10-4-14(23-8-10)15(21)22-3/h4,7-8H,5-6,9H2,1-3H3. The van der Waals surface area contributed by atoms with E-state index in [9.17, 15) is 9.59 Å². The van der Waals surface area contributed by atoms with E-state index in [1.54, 1.807) is 6.20 Å². The highest BCUT2D eigenvalue weighted by Crippen LogP contribution is 2.34. The molecule has 7 heteroatoms. The second-order valence-electron chi connectivity index (χ2n) is 6.55. The number of fused-ring (bicyclic) bond motifs is 1. The predicted molar refractivity (Wildman–Crippen MR) is 93.7 cm³/mol. The van der Waals surface area contributed by atoms with Crippen LogP contribution in [0.2, 0.25) is 0 Å². The predicted octanol–water partition coefficient (Wildman–Crippen LogP) is 3.77. The third-order valence-corrected chi connectivity index (χ3v) is 5.73. The fourth-order valence-corrected chi connectivity index (χ4v) is 4.39. The molecule has 0 N–H and O–H groups in total. The lowest BCUT2D eigenvalue weighted by Crippen LogP contribution is -2.28. The highest BCUT2D eigenvalue weighted by molar-refractivity contribution is 7.98. The van der Waals surface area contributed by atoms with Crippen molar-refractivity contribution in [2.24, 2.45) is 5.41 Å². The summed E-state index contributed by atoms with van der Waals surface area (Å²) < 4.78 is 4.71. The fourth-order valence-electron chi connectivity index (χ4n) is 2.69. The molecule has 5 nitrogen and oxygen atoms in total. The van der Waals surface area contributed by atoms with Gasteiger partial charge in [-0.05, 0) is 28.8 Å². The van der Waals surface area contributed by atoms with Crippen molar-refractivity contribution in [1.82, 2.24) is 9.97 Å². The van der Waals surface area contributed by atoms with Crippen molar-refractivity contribution in [3.05, 3.63) is 39.3 Å². The molecule has 1 aliphatic rings. The van der Waals surface area contributed by atoms with E-state index in [2.05, 4.69) is 23.8 Å². The Bertz CT molecular complexity index is 799. The monoisotopic (exact) mass is 362 g/mol. The van der Waals surface area contributed by atoms with Gasteiger partial charge in [-0.2, -0.15) is 0 Å². The van der Waals surface area contributed by atoms with Crippen LogP contribution in [0.25, 0.3) is 0 Å². The summed E-state index contributed by atoms with van der Waals surface area (Å²) in [7, 11) is 1.38. The van der Waals surface area contributed by atoms with E-state index < -0.39 is 0 Å². The summed E-state index contributed by atoms with van der Waals surface area (Å²) in [5.74, 6) is 0.476. The smallest absolute Gasteiger partial charge is 0.348 e. The van der Waals surface area contributed by atoms with Crippen molar-refractivity contribution in [2.45, 2.75) is 37.6 Å². The summed E-state index contributed by atoms with van der Waals surface area (Å²) in [5.41, 5.74) is 2.48. The van der Waals surface area contributed by atoms with Gasteiger partial charge < -0.3 is 4.74 Å². The summed E-state index contributed by atoms with van der Waals surface area (Å²) in [6, 6.07) is 1.83. The summed E-state index contributed by atoms with van der Waals surface area (Å²) >= 11 is 2.87. The molecule has 0 saturated carbocycles. The van der Waals surface area contributed by atoms with Crippen LogP contribution in [-0.2, 0) is 16.9 Å². The Morgan fingerprint density at radius 3 is 2.96 bits per heavy atom. The van der Waals surface area contributed by atoms with Gasteiger partial charge in [0.25, 0.3) is 0 Å². The molecule has 0 saturated heterocycles. The van der Waals surface area contributed by atoms with E-state index in [-0.39, 0.29) is 17.2 Å². The number of esters is 1. The normalized spacial score (nSPS) is 15.9. The topological polar surface area (TPSA) is 69.2 Å². The molecule has 0 spiro atoms. The number of rotatable bonds is 4. The number of aromatic nitrogens is 2. The van der Waals surface area contributed by atoms with Gasteiger partial charge in [0.1, 0.15) is 4.88 Å². The Kier molecular flexibility index (Phi) is 4.73. The molecule has 1 aliphatic carbocycles. The lowest BCUT2D eigenvalue weighted by Gasteiger charge is -2.29. The van der Waals surface area contributed by atoms with E-state index in [1.807, 2.05) is 11.4 Å². The van der Waals surface area contributed by atoms with Gasteiger partial charge in [0.05, 0.1) is 18.4 Å². The maximum atomic E-state index is 12.2. The number of Topliss-reactive ketones (excluding diaryl/α,β-unsaturated/α-hetero) is 1. The van der Waals surface area contributed by atoms with Crippen molar-refractivity contribution in [3.8, 4) is 0 Å². The average molecular weight is 362 g/mol. The molecule has 0 bridgehead atoms. The fraction of sp³-hybridized carbons (Fsp3) is 0.412. The van der Waals surface area contributed by atoms with Gasteiger partial charge in [-0.15, -0.1) is 11.3 Å². The zero-order chi connectivity index (χ0) is 17.3. The summed E-state index contributed by atoms with van der Waals surface area (Å²) in [4.78, 5) is 33.1. The number of ketones is 1. The van der Waals surface area contributed by atoms with Crippen LogP contribution in [-0.4, -0.2) is 28.8 Å². The minimum absolute atomic E-state index is 0.0524. The van der Waals surface area contributed by atoms with Crippen LogP contribution in [0.3, 0.4) is 0 Å². The van der Waals surface area contributed by atoms with Gasteiger partial charge in [0.2, 0.25) is 0 Å². The number of carbonyl (C=O) groups is 2. The van der Waals surface area contributed by atoms with Crippen LogP contribution in [0.5, 0.6) is 0 Å². The van der Waals surface area contributed by atoms with Crippen molar-refractivity contribution in [3.63, 3.8) is 0 Å². The van der Waals surface area contributed by atoms with Crippen LogP contribution >= 0.6 is 23.1 Å². The highest BCUT2D eigenvalue weighted by Gasteiger charge is 2.32. The summed E-state index contributed by atoms with van der Waals surface area (Å²) in [6.45, 7) is 4.17. The number of thioether (sulfide) groups is 1. The maximum absolute atomic E-state index is 12.2. The molecular formula is C17H18N2O3S2. The van der Waals surface area contributed by atoms with Crippen LogP contribution < -0.4 is 0 Å². The molecule has 3 rings (SSSR count). The first-order valence-corrected chi connectivity index (χ1v) is 9.42. The molecule has 0 unspecified atom stereocenters. The molecule has 2 aromatic rings. The molecular weight excluding hydrogens is 344 g/mol. The Hall–Kier alpha value is -1.73. The first-order valence-electron chi connectivity index (χ1n) is 7.55. The third kappa shape index (κ3) is 3.67. The number of ether oxygens (including phenoxy) is 1. The van der Waals surface area contributed by atoms with Crippen LogP contribution in [0.4, 0.5) is 0 Å². The molecule has 0 radical (unpaired) electrons. The molecule has 24 heavy (non-hydrogen) atoms. The second-order valence-corrected chi connectivity index (χ2v) is 8.41. The van der Waals surface area contributed by atoms with E-state index in [4.69, 9.17) is 4.74 Å². The third-order valence-electron chi connectivity index (χ3n) is 3.84. The van der Waals surface area contributed by atoms with E-state index in [0.29, 0.717) is 27.8 Å². The van der Waals surface area contributed by atoms with Crippen LogP contribution in [0.1, 0.15) is 51.6 Å². The van der Waals surface area contributed by atoms with Crippen LogP contribution in [0, 0.1) is 5.41 Å². The van der Waals surface area contributed by atoms with Crippen LogP contribution in [0.15, 0.2) is 22.8 Å². The number of hydrogen-bond acceptors (Lipinski definition) is 7. The number of carbonyl (C=O) groups excluding carboxylic acids is 2. The second kappa shape index (κ2) is 6.64. The highest BCUT2D eigenvalue weighted by atomic mass is 32.2. The van der Waals surface area contributed by atoms with Gasteiger partial charge in [0, 0.05) is 18.4 Å². The molecule has 0 fully saturated rings. The van der Waals surface area contributed by atoms with Crippen molar-refractivity contribution < 1.29 is 14.3 Å². The Balaban J connectivity index is 1.72. The molecule has 0 atom stereocenters. The quantitative estimate of drug-likeness (QED) is 0.468. The van der Waals surface area contributed by atoms with Crippen molar-refractivity contribution in [1.29, 1.82) is 0 Å². The molecule has 0 amide bonds. The molecule has 2 heterocycles. The average Bonchev–Trinajstić information content (AvgIpc) is 2.99. The number of nitrogens with zero attached hydrogens (tertiary/aromatic N) is 2. The number of thiophene rings is 1. The van der Waals surface area contributed by atoms with E-state index >= 15 is 0 Å². The van der Waals surface area contributed by atoms with Gasteiger partial charge in [-0.1, -0.05) is 25.6 Å². The lowest BCUT2D eigenvalue weighted by atomic mass is 9.76. The van der Waals surface area contributed by atoms with E-state index in [1.165, 1.54) is 30.2 Å². The van der Waals surface area contributed by atoms with Crippen molar-refractivity contribution >= 4 is 34.9 Å². The minimum Gasteiger partial charge on any atom is -0.465 e. The van der Waals surface area contributed by atoms with Gasteiger partial charge in [-0.3, -0.25) is 4.79 Å². The minimum atomic E-state index is -0.318. The Morgan fingerprint density at radius 2 is 2.21 bits per heavy atom. The Labute approximate surface area is 148 Å². The lowest BCUT2D eigenvalue weighted by molar-refractivity contribution is 0.0606. The van der Waals surface area contributed by atoms with E-state index in [0.717, 1.165) is 17.7 Å². The molecule has 2 aromatic heterocycles. The van der Waals surface area contributed by atoms with Crippen molar-refractivity contribution in [2.75, 3.05) is 7.11 Å². The van der Waals surface area contributed by atoms with Gasteiger partial charge >= 0.3 is 5.97 Å². The largest absolute Gasteiger partial charge is 0.465 e. The molecule has 126 valence electrons. The SMILES string of the molecule is COC(=O)c1cc(CSc2ncc3c(n2)CC(C)(C)CC3=O)cs1. The molecule has 0 aromatic carbocycles. The molecule has 0 aliphatic heterocycles. The summed E-state index contributed by atoms with van der Waals surface area (Å²) in [6.07, 6.45) is 2.98. The first kappa shape index (κ1) is 17.1. The first-order chi connectivity index (χ1) is 11.4. The zero-order valence-corrected chi connectivity index (χ0v) is 15.4. The van der Waals surface area contributed by atoms with Gasteiger partial charge in [-0.25, -0.2) is 14.8 Å². The zero-order valence-electron chi connectivity index (χ0n) is 13.8. The Morgan fingerprint density at radius 1 is 1.42 bits per heavy atom. The van der Waals surface area contributed by atoms with Gasteiger partial charge in [0.15, 0.2) is 10.9 Å². The number of hydrogen-bond donors (Lipinski definition) is 0. The number of methoxy groups -OCH3 is 1.